The van der Waals surface area contributed by atoms with Crippen LogP contribution in [0.3, 0.4) is 0 Å². The Morgan fingerprint density at radius 2 is 1.92 bits per heavy atom. The number of ether oxygens (including phenoxy) is 2. The number of methoxy groups -OCH3 is 1. The van der Waals surface area contributed by atoms with E-state index in [9.17, 15) is 9.50 Å². The van der Waals surface area contributed by atoms with Crippen LogP contribution in [-0.2, 0) is 16.8 Å². The van der Waals surface area contributed by atoms with E-state index in [0.29, 0.717) is 17.9 Å². The average Bonchev–Trinajstić information content (AvgIpc) is 2.62. The summed E-state index contributed by atoms with van der Waals surface area (Å²) in [5, 5.41) is 9.49. The van der Waals surface area contributed by atoms with Gasteiger partial charge in [0.2, 0.25) is 0 Å². The summed E-state index contributed by atoms with van der Waals surface area (Å²) in [6, 6.07) is 10.1. The quantitative estimate of drug-likeness (QED) is 0.612. The first-order chi connectivity index (χ1) is 11.9. The maximum absolute atomic E-state index is 14.5. The van der Waals surface area contributed by atoms with Crippen LogP contribution in [0.5, 0.6) is 5.75 Å². The van der Waals surface area contributed by atoms with E-state index in [1.165, 1.54) is 6.07 Å². The Labute approximate surface area is 148 Å². The van der Waals surface area contributed by atoms with Gasteiger partial charge in [-0.3, -0.25) is 0 Å². The lowest BCUT2D eigenvalue weighted by Crippen LogP contribution is -2.25. The van der Waals surface area contributed by atoms with E-state index < -0.39 is 5.41 Å². The number of hydrogen-bond acceptors (Lipinski definition) is 3. The second kappa shape index (κ2) is 8.15. The largest absolute Gasteiger partial charge is 0.497 e. The minimum atomic E-state index is -0.424. The van der Waals surface area contributed by atoms with Gasteiger partial charge in [0.1, 0.15) is 18.2 Å². The first-order valence-electron chi connectivity index (χ1n) is 8.02. The van der Waals surface area contributed by atoms with Crippen LogP contribution >= 0.6 is 0 Å². The molecule has 0 amide bonds. The number of terminal acetylenes is 1. The molecule has 0 aromatic heterocycles. The van der Waals surface area contributed by atoms with Crippen LogP contribution in [-0.4, -0.2) is 25.4 Å². The van der Waals surface area contributed by atoms with E-state index in [-0.39, 0.29) is 19.0 Å². The summed E-state index contributed by atoms with van der Waals surface area (Å²) >= 11 is 0. The molecule has 0 unspecified atom stereocenters. The summed E-state index contributed by atoms with van der Waals surface area (Å²) in [4.78, 5) is 0. The third-order valence-corrected chi connectivity index (χ3v) is 4.11. The minimum Gasteiger partial charge on any atom is -0.497 e. The predicted molar refractivity (Wildman–Crippen MR) is 97.0 cm³/mol. The van der Waals surface area contributed by atoms with Gasteiger partial charge in [-0.05, 0) is 34.9 Å². The summed E-state index contributed by atoms with van der Waals surface area (Å²) in [6.07, 6.45) is 5.24. The maximum Gasteiger partial charge on any atom is 0.131 e. The fourth-order valence-corrected chi connectivity index (χ4v) is 2.77. The number of rotatable bonds is 7. The molecule has 25 heavy (non-hydrogen) atoms. The zero-order valence-electron chi connectivity index (χ0n) is 14.8. The second-order valence-electron chi connectivity index (χ2n) is 6.46. The average molecular weight is 342 g/mol. The maximum atomic E-state index is 14.5. The van der Waals surface area contributed by atoms with Crippen LogP contribution in [0.25, 0.3) is 11.1 Å². The van der Waals surface area contributed by atoms with E-state index in [4.69, 9.17) is 15.9 Å². The molecule has 0 aliphatic heterocycles. The number of hydrogen-bond donors (Lipinski definition) is 1. The first-order valence-corrected chi connectivity index (χ1v) is 8.02. The monoisotopic (exact) mass is 342 g/mol. The Morgan fingerprint density at radius 3 is 2.56 bits per heavy atom. The number of aliphatic hydroxyl groups excluding tert-OH is 1. The van der Waals surface area contributed by atoms with Gasteiger partial charge in [-0.25, -0.2) is 4.39 Å². The predicted octanol–water partition coefficient (Wildman–Crippen LogP) is 3.92. The van der Waals surface area contributed by atoms with Gasteiger partial charge in [0.25, 0.3) is 0 Å². The molecule has 0 spiro atoms. The van der Waals surface area contributed by atoms with Crippen molar-refractivity contribution in [3.05, 3.63) is 53.3 Å². The molecule has 0 saturated heterocycles. The fourth-order valence-electron chi connectivity index (χ4n) is 2.77. The zero-order chi connectivity index (χ0) is 18.4. The van der Waals surface area contributed by atoms with Crippen LogP contribution in [0, 0.1) is 18.2 Å². The van der Waals surface area contributed by atoms with Crippen molar-refractivity contribution >= 4 is 0 Å². The summed E-state index contributed by atoms with van der Waals surface area (Å²) < 4.78 is 25.2. The molecule has 0 radical (unpaired) electrons. The second-order valence-corrected chi connectivity index (χ2v) is 6.46. The molecule has 0 atom stereocenters. The highest BCUT2D eigenvalue weighted by Gasteiger charge is 2.26. The lowest BCUT2D eigenvalue weighted by Gasteiger charge is -2.28. The molecule has 132 valence electrons. The van der Waals surface area contributed by atoms with Crippen molar-refractivity contribution < 1.29 is 19.0 Å². The van der Waals surface area contributed by atoms with E-state index in [2.05, 4.69) is 5.92 Å². The van der Waals surface area contributed by atoms with Crippen LogP contribution in [0.2, 0.25) is 0 Å². The highest BCUT2D eigenvalue weighted by molar-refractivity contribution is 5.71. The van der Waals surface area contributed by atoms with Crippen molar-refractivity contribution in [1.29, 1.82) is 0 Å². The molecule has 0 fully saturated rings. The highest BCUT2D eigenvalue weighted by Crippen LogP contribution is 2.37. The van der Waals surface area contributed by atoms with Gasteiger partial charge in [-0.1, -0.05) is 38.0 Å². The Morgan fingerprint density at radius 1 is 1.16 bits per heavy atom. The van der Waals surface area contributed by atoms with Crippen molar-refractivity contribution in [3.8, 4) is 29.2 Å². The van der Waals surface area contributed by atoms with E-state index in [1.807, 2.05) is 26.0 Å². The molecule has 0 heterocycles. The molecule has 0 bridgehead atoms. The lowest BCUT2D eigenvalue weighted by atomic mass is 9.79. The van der Waals surface area contributed by atoms with Crippen molar-refractivity contribution in [1.82, 2.24) is 0 Å². The fraction of sp³-hybridized carbons (Fsp3) is 0.333. The SMILES string of the molecule is C#CCOCC(C)(C)c1cc(CO)ccc1-c1cc(OC)ccc1F. The van der Waals surface area contributed by atoms with Crippen LogP contribution in [0.15, 0.2) is 36.4 Å². The number of halogens is 1. The molecule has 0 aliphatic carbocycles. The van der Waals surface area contributed by atoms with E-state index >= 15 is 0 Å². The Bertz CT molecular complexity index is 775. The van der Waals surface area contributed by atoms with Crippen molar-refractivity contribution in [2.24, 2.45) is 0 Å². The molecule has 4 heteroatoms. The zero-order valence-corrected chi connectivity index (χ0v) is 14.8. The summed E-state index contributed by atoms with van der Waals surface area (Å²) in [5.74, 6) is 2.69. The van der Waals surface area contributed by atoms with E-state index in [0.717, 1.165) is 16.7 Å². The number of benzene rings is 2. The summed E-state index contributed by atoms with van der Waals surface area (Å²) in [6.45, 7) is 4.51. The standard InChI is InChI=1S/C21H23FO3/c1-5-10-25-14-21(2,3)19-11-15(13-23)6-8-17(19)18-12-16(24-4)7-9-20(18)22/h1,6-9,11-12,23H,10,13-14H2,2-4H3. The molecule has 2 aromatic rings. The molecule has 0 aliphatic rings. The summed E-state index contributed by atoms with van der Waals surface area (Å²) in [7, 11) is 1.55. The van der Waals surface area contributed by atoms with Gasteiger partial charge in [-0.2, -0.15) is 0 Å². The minimum absolute atomic E-state index is 0.0881. The molecule has 0 saturated carbocycles. The van der Waals surface area contributed by atoms with Crippen LogP contribution in [0.1, 0.15) is 25.0 Å². The lowest BCUT2D eigenvalue weighted by molar-refractivity contribution is 0.121. The van der Waals surface area contributed by atoms with Gasteiger partial charge in [0.05, 0.1) is 20.3 Å². The van der Waals surface area contributed by atoms with Crippen molar-refractivity contribution in [2.45, 2.75) is 25.9 Å². The van der Waals surface area contributed by atoms with Crippen molar-refractivity contribution in [3.63, 3.8) is 0 Å². The van der Waals surface area contributed by atoms with Crippen LogP contribution in [0.4, 0.5) is 4.39 Å². The van der Waals surface area contributed by atoms with Gasteiger partial charge in [0, 0.05) is 11.0 Å². The Balaban J connectivity index is 2.57. The number of aliphatic hydroxyl groups is 1. The summed E-state index contributed by atoms with van der Waals surface area (Å²) in [5.41, 5.74) is 2.40. The Hall–Kier alpha value is -2.35. The van der Waals surface area contributed by atoms with Crippen LogP contribution < -0.4 is 4.74 Å². The molecular formula is C21H23FO3. The molecule has 1 N–H and O–H groups in total. The normalized spacial score (nSPS) is 11.2. The van der Waals surface area contributed by atoms with Gasteiger partial charge in [0.15, 0.2) is 0 Å². The first kappa shape index (κ1) is 19.0. The highest BCUT2D eigenvalue weighted by atomic mass is 19.1. The molecule has 3 nitrogen and oxygen atoms in total. The molecular weight excluding hydrogens is 319 g/mol. The van der Waals surface area contributed by atoms with Gasteiger partial charge < -0.3 is 14.6 Å². The van der Waals surface area contributed by atoms with Crippen molar-refractivity contribution in [2.75, 3.05) is 20.3 Å². The topological polar surface area (TPSA) is 38.7 Å². The van der Waals surface area contributed by atoms with Gasteiger partial charge >= 0.3 is 0 Å². The van der Waals surface area contributed by atoms with Gasteiger partial charge in [-0.15, -0.1) is 6.42 Å². The third-order valence-electron chi connectivity index (χ3n) is 4.11. The molecule has 2 rings (SSSR count). The Kier molecular flexibility index (Phi) is 6.19. The smallest absolute Gasteiger partial charge is 0.131 e. The molecule has 2 aromatic carbocycles. The third kappa shape index (κ3) is 4.39. The van der Waals surface area contributed by atoms with E-state index in [1.54, 1.807) is 25.3 Å².